The molecule has 0 radical (unpaired) electrons. The van der Waals surface area contributed by atoms with E-state index in [9.17, 15) is 18.0 Å². The van der Waals surface area contributed by atoms with Crippen LogP contribution in [0.2, 0.25) is 0 Å². The first-order valence-electron chi connectivity index (χ1n) is 13.3. The highest BCUT2D eigenvalue weighted by Gasteiger charge is 2.35. The third-order valence-corrected chi connectivity index (χ3v) is 8.28. The average Bonchev–Trinajstić information content (AvgIpc) is 3.57. The van der Waals surface area contributed by atoms with Crippen molar-refractivity contribution < 1.29 is 27.1 Å². The number of benzene rings is 2. The lowest BCUT2D eigenvalue weighted by Crippen LogP contribution is -2.44. The first-order chi connectivity index (χ1) is 20.6. The zero-order chi connectivity index (χ0) is 30.3. The van der Waals surface area contributed by atoms with Crippen LogP contribution in [-0.2, 0) is 6.18 Å². The molecule has 0 bridgehead atoms. The van der Waals surface area contributed by atoms with Gasteiger partial charge in [0.1, 0.15) is 22.3 Å². The number of rotatable bonds is 7. The van der Waals surface area contributed by atoms with E-state index < -0.39 is 35.3 Å². The molecule has 43 heavy (non-hydrogen) atoms. The molecule has 1 aliphatic heterocycles. The van der Waals surface area contributed by atoms with Gasteiger partial charge in [-0.3, -0.25) is 9.36 Å². The maximum absolute atomic E-state index is 15.9. The minimum atomic E-state index is -4.65. The van der Waals surface area contributed by atoms with Gasteiger partial charge in [-0.2, -0.15) is 17.6 Å². The Morgan fingerprint density at radius 3 is 2.63 bits per heavy atom. The van der Waals surface area contributed by atoms with Crippen molar-refractivity contribution in [2.45, 2.75) is 19.2 Å². The first-order valence-corrected chi connectivity index (χ1v) is 14.1. The lowest BCUT2D eigenvalue weighted by Gasteiger charge is -2.27. The van der Waals surface area contributed by atoms with Gasteiger partial charge in [0, 0.05) is 43.5 Å². The van der Waals surface area contributed by atoms with Crippen molar-refractivity contribution in [1.82, 2.24) is 24.8 Å². The van der Waals surface area contributed by atoms with Gasteiger partial charge in [-0.05, 0) is 31.2 Å². The highest BCUT2D eigenvalue weighted by Crippen LogP contribution is 2.42. The lowest BCUT2D eigenvalue weighted by atomic mass is 10.0. The molecular formula is C29H25F4N7O2S. The van der Waals surface area contributed by atoms with Crippen molar-refractivity contribution in [2.24, 2.45) is 5.73 Å². The number of carbonyl (C=O) groups is 1. The molecule has 4 heterocycles. The van der Waals surface area contributed by atoms with E-state index in [2.05, 4.69) is 20.2 Å². The van der Waals surface area contributed by atoms with Gasteiger partial charge >= 0.3 is 6.18 Å². The number of halogens is 4. The second-order valence-electron chi connectivity index (χ2n) is 9.89. The number of nitrogens with zero attached hydrogens (tertiary/aromatic N) is 5. The Kier molecular flexibility index (Phi) is 7.48. The summed E-state index contributed by atoms with van der Waals surface area (Å²) >= 11 is 0.727. The van der Waals surface area contributed by atoms with Gasteiger partial charge in [-0.1, -0.05) is 24.3 Å². The molecule has 5 aromatic rings. The Labute approximate surface area is 247 Å². The zero-order valence-electron chi connectivity index (χ0n) is 22.7. The maximum Gasteiger partial charge on any atom is 0.416 e. The third-order valence-electron chi connectivity index (χ3n) is 7.12. The lowest BCUT2D eigenvalue weighted by molar-refractivity contribution is -0.139. The van der Waals surface area contributed by atoms with E-state index in [4.69, 9.17) is 15.5 Å². The van der Waals surface area contributed by atoms with Gasteiger partial charge in [0.2, 0.25) is 11.8 Å². The van der Waals surface area contributed by atoms with Crippen LogP contribution in [0.15, 0.2) is 61.1 Å². The SMILES string of the molecule is CC(Oc1c(C(N)=O)sc(-n2cnc3cc(-c4ccnc(N5CCNCC5)n4)ccc32)c1F)c1ccccc1C(F)(F)F. The molecule has 1 unspecified atom stereocenters. The summed E-state index contributed by atoms with van der Waals surface area (Å²) in [5, 5.41) is 3.25. The van der Waals surface area contributed by atoms with E-state index in [1.807, 2.05) is 12.1 Å². The number of imidazole rings is 1. The number of anilines is 1. The number of aromatic nitrogens is 4. The van der Waals surface area contributed by atoms with Crippen LogP contribution < -0.4 is 20.7 Å². The van der Waals surface area contributed by atoms with Crippen molar-refractivity contribution in [2.75, 3.05) is 31.1 Å². The first kappa shape index (κ1) is 28.6. The number of piperazine rings is 1. The summed E-state index contributed by atoms with van der Waals surface area (Å²) in [5.41, 5.74) is 6.94. The fraction of sp³-hybridized carbons (Fsp3) is 0.241. The summed E-state index contributed by atoms with van der Waals surface area (Å²) in [6.07, 6.45) is -2.79. The van der Waals surface area contributed by atoms with Crippen LogP contribution in [0, 0.1) is 5.82 Å². The molecule has 0 aliphatic carbocycles. The molecule has 3 aromatic heterocycles. The van der Waals surface area contributed by atoms with Crippen LogP contribution in [-0.4, -0.2) is 51.6 Å². The number of alkyl halides is 3. The number of primary amides is 1. The highest BCUT2D eigenvalue weighted by molar-refractivity contribution is 7.16. The number of hydrogen-bond acceptors (Lipinski definition) is 8. The Morgan fingerprint density at radius 1 is 1.12 bits per heavy atom. The normalized spacial score (nSPS) is 14.7. The second kappa shape index (κ2) is 11.3. The number of carbonyl (C=O) groups excluding carboxylic acids is 1. The van der Waals surface area contributed by atoms with Crippen molar-refractivity contribution in [1.29, 1.82) is 0 Å². The molecule has 2 aromatic carbocycles. The Hall–Kier alpha value is -4.56. The molecule has 1 saturated heterocycles. The van der Waals surface area contributed by atoms with Crippen LogP contribution in [0.4, 0.5) is 23.5 Å². The van der Waals surface area contributed by atoms with Crippen LogP contribution in [0.5, 0.6) is 5.75 Å². The molecule has 1 fully saturated rings. The predicted octanol–water partition coefficient (Wildman–Crippen LogP) is 5.35. The van der Waals surface area contributed by atoms with Crippen molar-refractivity contribution in [3.63, 3.8) is 0 Å². The number of thiophene rings is 1. The van der Waals surface area contributed by atoms with E-state index >= 15 is 4.39 Å². The van der Waals surface area contributed by atoms with E-state index in [-0.39, 0.29) is 15.4 Å². The third kappa shape index (κ3) is 5.50. The molecule has 1 amide bonds. The average molecular weight is 612 g/mol. The number of amides is 1. The molecule has 0 saturated carbocycles. The van der Waals surface area contributed by atoms with Gasteiger partial charge < -0.3 is 20.7 Å². The molecule has 222 valence electrons. The monoisotopic (exact) mass is 611 g/mol. The number of ether oxygens (including phenoxy) is 1. The fourth-order valence-electron chi connectivity index (χ4n) is 5.02. The molecule has 3 N–H and O–H groups in total. The minimum Gasteiger partial charge on any atom is -0.481 e. The van der Waals surface area contributed by atoms with Crippen LogP contribution in [0.25, 0.3) is 27.3 Å². The molecule has 14 heteroatoms. The summed E-state index contributed by atoms with van der Waals surface area (Å²) in [7, 11) is 0. The highest BCUT2D eigenvalue weighted by atomic mass is 32.1. The molecule has 6 rings (SSSR count). The maximum atomic E-state index is 15.9. The zero-order valence-corrected chi connectivity index (χ0v) is 23.5. The van der Waals surface area contributed by atoms with Crippen molar-refractivity contribution in [3.05, 3.63) is 82.9 Å². The van der Waals surface area contributed by atoms with Crippen molar-refractivity contribution >= 4 is 34.2 Å². The summed E-state index contributed by atoms with van der Waals surface area (Å²) in [5.74, 6) is -1.80. The summed E-state index contributed by atoms with van der Waals surface area (Å²) < 4.78 is 63.8. The smallest absolute Gasteiger partial charge is 0.416 e. The second-order valence-corrected chi connectivity index (χ2v) is 10.9. The van der Waals surface area contributed by atoms with E-state index in [0.717, 1.165) is 49.1 Å². The summed E-state index contributed by atoms with van der Waals surface area (Å²) in [4.78, 5) is 27.7. The predicted molar refractivity (Wildman–Crippen MR) is 154 cm³/mol. The quantitative estimate of drug-likeness (QED) is 0.239. The molecule has 9 nitrogen and oxygen atoms in total. The van der Waals surface area contributed by atoms with Crippen molar-refractivity contribution in [3.8, 4) is 22.0 Å². The summed E-state index contributed by atoms with van der Waals surface area (Å²) in [6.45, 7) is 4.64. The Morgan fingerprint density at radius 2 is 1.88 bits per heavy atom. The minimum absolute atomic E-state index is 0.0432. The molecular weight excluding hydrogens is 586 g/mol. The van der Waals surface area contributed by atoms with Gasteiger partial charge in [-0.15, -0.1) is 11.3 Å². The topological polar surface area (TPSA) is 111 Å². The van der Waals surface area contributed by atoms with Gasteiger partial charge in [0.05, 0.1) is 22.3 Å². The van der Waals surface area contributed by atoms with E-state index in [1.165, 1.54) is 36.0 Å². The van der Waals surface area contributed by atoms with Crippen LogP contribution >= 0.6 is 11.3 Å². The number of fused-ring (bicyclic) bond motifs is 1. The molecule has 1 atom stereocenters. The largest absolute Gasteiger partial charge is 0.481 e. The van der Waals surface area contributed by atoms with E-state index in [1.54, 1.807) is 18.3 Å². The standard InChI is InChI=1S/C29H25F4N7O2S/c1-16(18-4-2-3-5-19(18)29(31,32)33)42-24-23(30)27(43-25(24)26(34)41)40-15-37-21-14-17(6-7-22(21)40)20-8-9-36-28(38-20)39-12-10-35-11-13-39/h2-9,14-16,35H,10-13H2,1H3,(H2,34,41). The number of hydrogen-bond donors (Lipinski definition) is 2. The molecule has 1 aliphatic rings. The van der Waals surface area contributed by atoms with Gasteiger partial charge in [0.25, 0.3) is 5.91 Å². The van der Waals surface area contributed by atoms with Gasteiger partial charge in [-0.25, -0.2) is 15.0 Å². The van der Waals surface area contributed by atoms with Gasteiger partial charge in [0.15, 0.2) is 5.75 Å². The van der Waals surface area contributed by atoms with Crippen LogP contribution in [0.1, 0.15) is 33.8 Å². The van der Waals surface area contributed by atoms with Crippen LogP contribution in [0.3, 0.4) is 0 Å². The summed E-state index contributed by atoms with van der Waals surface area (Å²) in [6, 6.07) is 12.0. The molecule has 0 spiro atoms. The van der Waals surface area contributed by atoms with E-state index in [0.29, 0.717) is 22.7 Å². The Bertz CT molecular complexity index is 1810. The Balaban J connectivity index is 1.33. The fourth-order valence-corrected chi connectivity index (χ4v) is 5.97. The number of nitrogens with two attached hydrogens (primary N) is 1. The number of nitrogens with one attached hydrogen (secondary N) is 1.